The Hall–Kier alpha value is -3.47. The number of hydrogen-bond donors (Lipinski definition) is 2. The Morgan fingerprint density at radius 1 is 1.21 bits per heavy atom. The topological polar surface area (TPSA) is 89.3 Å². The summed E-state index contributed by atoms with van der Waals surface area (Å²) >= 11 is 0. The van der Waals surface area contributed by atoms with Crippen LogP contribution in [0.25, 0.3) is 11.4 Å². The lowest BCUT2D eigenvalue weighted by Gasteiger charge is -2.15. The number of rotatable bonds is 6. The summed E-state index contributed by atoms with van der Waals surface area (Å²) in [4.78, 5) is 16.9. The van der Waals surface area contributed by atoms with Gasteiger partial charge in [0.1, 0.15) is 17.4 Å². The van der Waals surface area contributed by atoms with E-state index in [4.69, 9.17) is 9.84 Å². The van der Waals surface area contributed by atoms with Crippen molar-refractivity contribution in [2.75, 3.05) is 19.0 Å². The largest absolute Gasteiger partial charge is 0.483 e. The molecule has 0 aliphatic heterocycles. The van der Waals surface area contributed by atoms with E-state index in [2.05, 4.69) is 15.4 Å². The highest BCUT2D eigenvalue weighted by atomic mass is 19.4. The van der Waals surface area contributed by atoms with Gasteiger partial charge in [-0.3, -0.25) is 9.48 Å². The molecule has 0 aliphatic carbocycles. The fourth-order valence-electron chi connectivity index (χ4n) is 2.92. The molecule has 0 radical (unpaired) electrons. The molecule has 11 heteroatoms. The first-order valence-corrected chi connectivity index (χ1v) is 9.84. The third-order valence-corrected chi connectivity index (χ3v) is 4.51. The summed E-state index contributed by atoms with van der Waals surface area (Å²) in [5.41, 5.74) is 0.633. The lowest BCUT2D eigenvalue weighted by molar-refractivity contribution is -0.153. The first kappa shape index (κ1) is 25.8. The number of nitrogens with zero attached hydrogens (tertiary/aromatic N) is 3. The molecule has 33 heavy (non-hydrogen) atoms. The molecule has 1 heterocycles. The van der Waals surface area contributed by atoms with Crippen LogP contribution in [-0.4, -0.2) is 45.7 Å². The molecule has 2 aromatic carbocycles. The van der Waals surface area contributed by atoms with Gasteiger partial charge in [0.15, 0.2) is 12.4 Å². The van der Waals surface area contributed by atoms with Gasteiger partial charge in [0, 0.05) is 26.3 Å². The minimum atomic E-state index is -4.64. The number of aromatic nitrogens is 3. The second-order valence-corrected chi connectivity index (χ2v) is 6.83. The van der Waals surface area contributed by atoms with Crippen molar-refractivity contribution >= 4 is 11.6 Å². The molecule has 3 aromatic rings. The maximum atomic E-state index is 14.9. The van der Waals surface area contributed by atoms with Crippen LogP contribution in [0.5, 0.6) is 5.75 Å². The van der Waals surface area contributed by atoms with Crippen LogP contribution in [0.4, 0.5) is 23.2 Å². The van der Waals surface area contributed by atoms with Gasteiger partial charge in [0.2, 0.25) is 0 Å². The summed E-state index contributed by atoms with van der Waals surface area (Å²) in [7, 11) is 2.62. The van der Waals surface area contributed by atoms with Gasteiger partial charge in [-0.25, -0.2) is 9.37 Å². The van der Waals surface area contributed by atoms with Crippen LogP contribution in [0.3, 0.4) is 0 Å². The fraction of sp³-hybridized carbons (Fsp3) is 0.318. The molecule has 0 atom stereocenters. The van der Waals surface area contributed by atoms with E-state index < -0.39 is 30.3 Å². The Balaban J connectivity index is 0.00000187. The molecule has 1 amide bonds. The van der Waals surface area contributed by atoms with Gasteiger partial charge in [-0.1, -0.05) is 25.1 Å². The van der Waals surface area contributed by atoms with E-state index >= 15 is 0 Å². The fourth-order valence-corrected chi connectivity index (χ4v) is 2.92. The van der Waals surface area contributed by atoms with Crippen molar-refractivity contribution in [3.63, 3.8) is 0 Å². The first-order chi connectivity index (χ1) is 15.6. The summed E-state index contributed by atoms with van der Waals surface area (Å²) in [6, 6.07) is 8.67. The number of aryl methyl sites for hydroxylation is 3. The third kappa shape index (κ3) is 6.51. The first-order valence-electron chi connectivity index (χ1n) is 9.84. The van der Waals surface area contributed by atoms with Gasteiger partial charge in [0.05, 0.1) is 11.1 Å². The molecule has 0 fully saturated rings. The molecule has 178 valence electrons. The monoisotopic (exact) mass is 468 g/mol. The van der Waals surface area contributed by atoms with E-state index in [9.17, 15) is 22.4 Å². The maximum Gasteiger partial charge on any atom is 0.422 e. The molecule has 3 rings (SSSR count). The summed E-state index contributed by atoms with van der Waals surface area (Å²) in [5.74, 6) is -1.54. The number of aliphatic hydroxyl groups is 1. The van der Waals surface area contributed by atoms with E-state index in [1.165, 1.54) is 4.68 Å². The molecule has 0 spiro atoms. The van der Waals surface area contributed by atoms with Crippen LogP contribution in [0.2, 0.25) is 0 Å². The molecule has 1 aromatic heterocycles. The Morgan fingerprint density at radius 3 is 2.45 bits per heavy atom. The lowest BCUT2D eigenvalue weighted by atomic mass is 10.1. The molecular weight excluding hydrogens is 444 g/mol. The van der Waals surface area contributed by atoms with Gasteiger partial charge in [-0.05, 0) is 30.7 Å². The predicted octanol–water partition coefficient (Wildman–Crippen LogP) is 4.29. The van der Waals surface area contributed by atoms with Crippen molar-refractivity contribution in [3.8, 4) is 17.1 Å². The van der Waals surface area contributed by atoms with Gasteiger partial charge < -0.3 is 15.2 Å². The van der Waals surface area contributed by atoms with Gasteiger partial charge in [0.25, 0.3) is 5.91 Å². The van der Waals surface area contributed by atoms with Crippen LogP contribution >= 0.6 is 0 Å². The van der Waals surface area contributed by atoms with Crippen molar-refractivity contribution in [3.05, 3.63) is 59.2 Å². The average molecular weight is 468 g/mol. The number of ether oxygens (including phenoxy) is 1. The smallest absolute Gasteiger partial charge is 0.422 e. The molecule has 7 nitrogen and oxygen atoms in total. The number of carbonyl (C=O) groups excluding carboxylic acids is 1. The summed E-state index contributed by atoms with van der Waals surface area (Å²) in [5, 5.41) is 13.7. The average Bonchev–Trinajstić information content (AvgIpc) is 3.15. The van der Waals surface area contributed by atoms with E-state index in [-0.39, 0.29) is 17.0 Å². The highest BCUT2D eigenvalue weighted by Crippen LogP contribution is 2.31. The number of carbonyl (C=O) groups is 1. The van der Waals surface area contributed by atoms with Gasteiger partial charge >= 0.3 is 6.18 Å². The Kier molecular flexibility index (Phi) is 8.52. The van der Waals surface area contributed by atoms with Crippen LogP contribution in [-0.2, 0) is 13.5 Å². The normalized spacial score (nSPS) is 10.9. The minimum Gasteiger partial charge on any atom is -0.483 e. The highest BCUT2D eigenvalue weighted by Gasteiger charge is 2.30. The van der Waals surface area contributed by atoms with Crippen LogP contribution in [0.1, 0.15) is 28.7 Å². The summed E-state index contributed by atoms with van der Waals surface area (Å²) in [6.45, 7) is 1.94. The second-order valence-electron chi connectivity index (χ2n) is 6.83. The molecule has 0 saturated carbocycles. The van der Waals surface area contributed by atoms with E-state index in [0.29, 0.717) is 17.9 Å². The SMILES string of the molecule is CCc1nc(-c2cc(OCC(F)(F)F)c(C(=O)Nc3ccccc3C)cc2F)nn1C.CO. The van der Waals surface area contributed by atoms with Gasteiger partial charge in [-0.15, -0.1) is 0 Å². The zero-order valence-corrected chi connectivity index (χ0v) is 18.5. The Labute approximate surface area is 188 Å². The minimum absolute atomic E-state index is 0.0143. The predicted molar refractivity (Wildman–Crippen MR) is 115 cm³/mol. The Morgan fingerprint density at radius 2 is 1.88 bits per heavy atom. The van der Waals surface area contributed by atoms with Crippen molar-refractivity contribution in [1.82, 2.24) is 14.8 Å². The van der Waals surface area contributed by atoms with Crippen molar-refractivity contribution in [2.45, 2.75) is 26.4 Å². The molecule has 2 N–H and O–H groups in total. The van der Waals surface area contributed by atoms with Crippen LogP contribution in [0, 0.1) is 12.7 Å². The number of amides is 1. The highest BCUT2D eigenvalue weighted by molar-refractivity contribution is 6.06. The van der Waals surface area contributed by atoms with E-state index in [1.807, 2.05) is 6.92 Å². The van der Waals surface area contributed by atoms with E-state index in [0.717, 1.165) is 24.8 Å². The number of alkyl halides is 3. The summed E-state index contributed by atoms with van der Waals surface area (Å²) < 4.78 is 59.4. The summed E-state index contributed by atoms with van der Waals surface area (Å²) in [6.07, 6.45) is -4.11. The van der Waals surface area contributed by atoms with Crippen LogP contribution < -0.4 is 10.1 Å². The number of halogens is 4. The molecule has 0 unspecified atom stereocenters. The van der Waals surface area contributed by atoms with Crippen LogP contribution in [0.15, 0.2) is 36.4 Å². The zero-order chi connectivity index (χ0) is 24.8. The van der Waals surface area contributed by atoms with Crippen molar-refractivity contribution < 1.29 is 32.2 Å². The number of anilines is 1. The number of nitrogens with one attached hydrogen (secondary N) is 1. The Bertz CT molecular complexity index is 1110. The van der Waals surface area contributed by atoms with E-state index in [1.54, 1.807) is 38.2 Å². The third-order valence-electron chi connectivity index (χ3n) is 4.51. The molecule has 0 saturated heterocycles. The number of para-hydroxylation sites is 1. The number of hydrogen-bond acceptors (Lipinski definition) is 5. The zero-order valence-electron chi connectivity index (χ0n) is 18.5. The lowest BCUT2D eigenvalue weighted by Crippen LogP contribution is -2.21. The van der Waals surface area contributed by atoms with Gasteiger partial charge in [-0.2, -0.15) is 18.3 Å². The molecule has 0 bridgehead atoms. The van der Waals surface area contributed by atoms with Crippen molar-refractivity contribution in [2.24, 2.45) is 7.05 Å². The standard InChI is InChI=1S/C21H20F4N4O2.CH4O/c1-4-18-27-19(28-29(18)3)13-10-17(31-11-21(23,24)25)14(9-15(13)22)20(30)26-16-8-6-5-7-12(16)2;1-2/h5-10H,4,11H2,1-3H3,(H,26,30);2H,1H3. The number of benzene rings is 2. The maximum absolute atomic E-state index is 14.9. The molecule has 0 aliphatic rings. The number of aliphatic hydroxyl groups excluding tert-OH is 1. The molecular formula is C22H24F4N4O3. The quantitative estimate of drug-likeness (QED) is 0.527. The van der Waals surface area contributed by atoms with Crippen molar-refractivity contribution in [1.29, 1.82) is 0 Å². The second kappa shape index (κ2) is 10.9.